The van der Waals surface area contributed by atoms with Crippen LogP contribution in [-0.4, -0.2) is 61.8 Å². The molecule has 24 heavy (non-hydrogen) atoms. The van der Waals surface area contributed by atoms with Crippen LogP contribution in [0.4, 0.5) is 4.39 Å². The van der Waals surface area contributed by atoms with E-state index < -0.39 is 15.8 Å². The molecule has 1 unspecified atom stereocenters. The summed E-state index contributed by atoms with van der Waals surface area (Å²) >= 11 is 0. The van der Waals surface area contributed by atoms with Crippen LogP contribution in [0.1, 0.15) is 19.8 Å². The zero-order chi connectivity index (χ0) is 17.3. The van der Waals surface area contributed by atoms with Gasteiger partial charge in [-0.25, -0.2) is 12.8 Å². The van der Waals surface area contributed by atoms with Crippen molar-refractivity contribution in [1.82, 2.24) is 14.5 Å². The Balaban J connectivity index is 1.59. The first-order chi connectivity index (χ1) is 11.4. The second kappa shape index (κ2) is 6.78. The van der Waals surface area contributed by atoms with Crippen molar-refractivity contribution in [3.63, 3.8) is 0 Å². The molecule has 1 heterocycles. The average molecular weight is 355 g/mol. The summed E-state index contributed by atoms with van der Waals surface area (Å²) in [7, 11) is -3.62. The Labute approximate surface area is 141 Å². The zero-order valence-corrected chi connectivity index (χ0v) is 14.4. The molecule has 0 aromatic heterocycles. The molecule has 2 aliphatic rings. The van der Waals surface area contributed by atoms with E-state index in [-0.39, 0.29) is 16.8 Å². The largest absolute Gasteiger partial charge is 0.352 e. The maximum atomic E-state index is 13.0. The highest BCUT2D eigenvalue weighted by molar-refractivity contribution is 7.89. The van der Waals surface area contributed by atoms with Gasteiger partial charge in [0.15, 0.2) is 0 Å². The zero-order valence-electron chi connectivity index (χ0n) is 13.6. The molecule has 1 aliphatic heterocycles. The molecule has 1 aliphatic carbocycles. The Morgan fingerprint density at radius 3 is 2.29 bits per heavy atom. The monoisotopic (exact) mass is 355 g/mol. The Morgan fingerprint density at radius 1 is 1.17 bits per heavy atom. The van der Waals surface area contributed by atoms with Gasteiger partial charge in [0.2, 0.25) is 15.9 Å². The van der Waals surface area contributed by atoms with Crippen LogP contribution in [0, 0.1) is 5.82 Å². The molecule has 8 heteroatoms. The van der Waals surface area contributed by atoms with E-state index in [1.54, 1.807) is 0 Å². The van der Waals surface area contributed by atoms with E-state index in [9.17, 15) is 17.6 Å². The Bertz CT molecular complexity index is 696. The third-order valence-corrected chi connectivity index (χ3v) is 6.49. The van der Waals surface area contributed by atoms with Gasteiger partial charge in [0.1, 0.15) is 5.82 Å². The van der Waals surface area contributed by atoms with Crippen molar-refractivity contribution in [2.45, 2.75) is 36.7 Å². The number of piperazine rings is 1. The third-order valence-electron chi connectivity index (χ3n) is 4.58. The molecule has 3 rings (SSSR count). The van der Waals surface area contributed by atoms with Gasteiger partial charge in [0.05, 0.1) is 10.9 Å². The maximum absolute atomic E-state index is 13.0. The number of nitrogens with zero attached hydrogens (tertiary/aromatic N) is 2. The number of nitrogens with one attached hydrogen (secondary N) is 1. The van der Waals surface area contributed by atoms with Crippen LogP contribution in [0.2, 0.25) is 0 Å². The van der Waals surface area contributed by atoms with Crippen molar-refractivity contribution in [3.05, 3.63) is 30.1 Å². The number of amides is 1. The van der Waals surface area contributed by atoms with Crippen LogP contribution in [0.15, 0.2) is 29.2 Å². The lowest BCUT2D eigenvalue weighted by Crippen LogP contribution is -2.55. The van der Waals surface area contributed by atoms with Crippen molar-refractivity contribution in [2.75, 3.05) is 26.2 Å². The topological polar surface area (TPSA) is 69.7 Å². The minimum atomic E-state index is -3.62. The van der Waals surface area contributed by atoms with Gasteiger partial charge in [-0.2, -0.15) is 4.31 Å². The molecule has 1 saturated carbocycles. The number of sulfonamides is 1. The second-order valence-corrected chi connectivity index (χ2v) is 8.29. The number of benzene rings is 1. The van der Waals surface area contributed by atoms with E-state index in [0.717, 1.165) is 25.0 Å². The van der Waals surface area contributed by atoms with Gasteiger partial charge in [-0.3, -0.25) is 9.69 Å². The van der Waals surface area contributed by atoms with Crippen LogP contribution in [0.5, 0.6) is 0 Å². The fourth-order valence-corrected chi connectivity index (χ4v) is 4.22. The standard InChI is InChI=1S/C16H22FN3O3S/c1-12(16(21)18-14-4-5-14)19-8-10-20(11-9-19)24(22,23)15-6-2-13(17)3-7-15/h2-3,6-7,12,14H,4-5,8-11H2,1H3,(H,18,21). The van der Waals surface area contributed by atoms with Gasteiger partial charge < -0.3 is 5.32 Å². The van der Waals surface area contributed by atoms with E-state index >= 15 is 0 Å². The highest BCUT2D eigenvalue weighted by Crippen LogP contribution is 2.21. The first-order valence-corrected chi connectivity index (χ1v) is 9.62. The predicted octanol–water partition coefficient (Wildman–Crippen LogP) is 0.799. The minimum Gasteiger partial charge on any atom is -0.352 e. The van der Waals surface area contributed by atoms with Crippen molar-refractivity contribution in [2.24, 2.45) is 0 Å². The molecule has 1 amide bonds. The summed E-state index contributed by atoms with van der Waals surface area (Å²) in [5, 5.41) is 2.98. The van der Waals surface area contributed by atoms with Gasteiger partial charge in [-0.05, 0) is 44.0 Å². The molecular formula is C16H22FN3O3S. The first-order valence-electron chi connectivity index (χ1n) is 8.18. The third kappa shape index (κ3) is 3.76. The van der Waals surface area contributed by atoms with Gasteiger partial charge in [0, 0.05) is 32.2 Å². The summed E-state index contributed by atoms with van der Waals surface area (Å²) < 4.78 is 39.5. The Morgan fingerprint density at radius 2 is 1.75 bits per heavy atom. The van der Waals surface area contributed by atoms with E-state index in [0.29, 0.717) is 32.2 Å². The molecule has 132 valence electrons. The fraction of sp³-hybridized carbons (Fsp3) is 0.562. The van der Waals surface area contributed by atoms with Crippen LogP contribution in [0.3, 0.4) is 0 Å². The number of carbonyl (C=O) groups is 1. The lowest BCUT2D eigenvalue weighted by atomic mass is 10.2. The van der Waals surface area contributed by atoms with E-state index in [1.165, 1.54) is 16.4 Å². The normalized spacial score (nSPS) is 21.4. The van der Waals surface area contributed by atoms with Crippen LogP contribution in [-0.2, 0) is 14.8 Å². The van der Waals surface area contributed by atoms with E-state index in [2.05, 4.69) is 5.32 Å². The average Bonchev–Trinajstić information content (AvgIpc) is 3.38. The molecule has 0 spiro atoms. The number of hydrogen-bond donors (Lipinski definition) is 1. The number of rotatable bonds is 5. The molecule has 1 aromatic carbocycles. The maximum Gasteiger partial charge on any atom is 0.243 e. The van der Waals surface area contributed by atoms with E-state index in [1.807, 2.05) is 11.8 Å². The fourth-order valence-electron chi connectivity index (χ4n) is 2.80. The van der Waals surface area contributed by atoms with Crippen LogP contribution in [0.25, 0.3) is 0 Å². The SMILES string of the molecule is CC(C(=O)NC1CC1)N1CCN(S(=O)(=O)c2ccc(F)cc2)CC1. The van der Waals surface area contributed by atoms with Crippen LogP contribution >= 0.6 is 0 Å². The Hall–Kier alpha value is -1.51. The van der Waals surface area contributed by atoms with Crippen molar-refractivity contribution < 1.29 is 17.6 Å². The molecular weight excluding hydrogens is 333 g/mol. The molecule has 6 nitrogen and oxygen atoms in total. The van der Waals surface area contributed by atoms with Gasteiger partial charge >= 0.3 is 0 Å². The van der Waals surface area contributed by atoms with Crippen molar-refractivity contribution in [3.8, 4) is 0 Å². The molecule has 1 aromatic rings. The molecule has 0 radical (unpaired) electrons. The summed E-state index contributed by atoms with van der Waals surface area (Å²) in [5.41, 5.74) is 0. The molecule has 1 atom stereocenters. The quantitative estimate of drug-likeness (QED) is 0.848. The highest BCUT2D eigenvalue weighted by atomic mass is 32.2. The molecule has 1 saturated heterocycles. The lowest BCUT2D eigenvalue weighted by molar-refractivity contribution is -0.126. The molecule has 2 fully saturated rings. The van der Waals surface area contributed by atoms with Gasteiger partial charge in [0.25, 0.3) is 0 Å². The smallest absolute Gasteiger partial charge is 0.243 e. The predicted molar refractivity (Wildman–Crippen MR) is 87.4 cm³/mol. The minimum absolute atomic E-state index is 0.00680. The summed E-state index contributed by atoms with van der Waals surface area (Å²) in [6.07, 6.45) is 2.09. The van der Waals surface area contributed by atoms with Gasteiger partial charge in [-0.1, -0.05) is 0 Å². The lowest BCUT2D eigenvalue weighted by Gasteiger charge is -2.36. The highest BCUT2D eigenvalue weighted by Gasteiger charge is 2.33. The first kappa shape index (κ1) is 17.3. The summed E-state index contributed by atoms with van der Waals surface area (Å²) in [6.45, 7) is 3.49. The number of halogens is 1. The van der Waals surface area contributed by atoms with Gasteiger partial charge in [-0.15, -0.1) is 0 Å². The number of hydrogen-bond acceptors (Lipinski definition) is 4. The van der Waals surface area contributed by atoms with Crippen molar-refractivity contribution >= 4 is 15.9 Å². The van der Waals surface area contributed by atoms with E-state index in [4.69, 9.17) is 0 Å². The Kier molecular flexibility index (Phi) is 4.89. The molecule has 0 bridgehead atoms. The van der Waals surface area contributed by atoms with Crippen LogP contribution < -0.4 is 5.32 Å². The summed E-state index contributed by atoms with van der Waals surface area (Å²) in [5.74, 6) is -0.457. The van der Waals surface area contributed by atoms with Crippen molar-refractivity contribution in [1.29, 1.82) is 0 Å². The summed E-state index contributed by atoms with van der Waals surface area (Å²) in [6, 6.07) is 4.91. The summed E-state index contributed by atoms with van der Waals surface area (Å²) in [4.78, 5) is 14.2. The second-order valence-electron chi connectivity index (χ2n) is 6.35. The number of carbonyl (C=O) groups excluding carboxylic acids is 1. The molecule has 1 N–H and O–H groups in total.